The number of carbonyl (C=O) groups excluding carboxylic acids is 2. The first-order valence-electron chi connectivity index (χ1n) is 12.2. The van der Waals surface area contributed by atoms with Crippen molar-refractivity contribution in [3.63, 3.8) is 0 Å². The average Bonchev–Trinajstić information content (AvgIpc) is 2.88. The van der Waals surface area contributed by atoms with E-state index in [1.54, 1.807) is 30.9 Å². The number of nitrogens with zero attached hydrogens (tertiary/aromatic N) is 1. The first kappa shape index (κ1) is 25.0. The SMILES string of the molecule is CCOC(=O)N1CCC(C2OCc3cc(-c4ccc(C(=O)NC(C)(C)CO)cc4)ccc3O2)CC1. The standard InChI is InChI=1S/C27H34N2O6/c1-4-33-26(32)29-13-11-20(12-14-29)25-34-16-22-15-21(9-10-23(22)35-25)18-5-7-19(8-6-18)24(31)28-27(2,3)17-30/h5-10,15,20,25,30H,4,11-14,16-17H2,1-3H3,(H,28,31). The molecule has 2 heterocycles. The van der Waals surface area contributed by atoms with Crippen LogP contribution in [-0.2, 0) is 16.1 Å². The molecule has 0 bridgehead atoms. The summed E-state index contributed by atoms with van der Waals surface area (Å²) in [6, 6.07) is 13.4. The van der Waals surface area contributed by atoms with Crippen LogP contribution in [0.2, 0.25) is 0 Å². The Balaban J connectivity index is 1.37. The van der Waals surface area contributed by atoms with Gasteiger partial charge in [-0.1, -0.05) is 18.2 Å². The van der Waals surface area contributed by atoms with E-state index in [2.05, 4.69) is 11.4 Å². The van der Waals surface area contributed by atoms with E-state index in [-0.39, 0.29) is 30.8 Å². The predicted molar refractivity (Wildman–Crippen MR) is 131 cm³/mol. The number of fused-ring (bicyclic) bond motifs is 1. The van der Waals surface area contributed by atoms with E-state index in [1.807, 2.05) is 31.2 Å². The van der Waals surface area contributed by atoms with E-state index < -0.39 is 5.54 Å². The second kappa shape index (κ2) is 10.7. The maximum absolute atomic E-state index is 12.4. The molecular weight excluding hydrogens is 448 g/mol. The Kier molecular flexibility index (Phi) is 7.62. The summed E-state index contributed by atoms with van der Waals surface area (Å²) in [5.41, 5.74) is 2.84. The minimum absolute atomic E-state index is 0.135. The van der Waals surface area contributed by atoms with Crippen LogP contribution < -0.4 is 10.1 Å². The van der Waals surface area contributed by atoms with E-state index in [4.69, 9.17) is 14.2 Å². The Labute approximate surface area is 206 Å². The summed E-state index contributed by atoms with van der Waals surface area (Å²) in [5, 5.41) is 12.2. The van der Waals surface area contributed by atoms with Gasteiger partial charge < -0.3 is 29.5 Å². The fraction of sp³-hybridized carbons (Fsp3) is 0.481. The minimum Gasteiger partial charge on any atom is -0.464 e. The van der Waals surface area contributed by atoms with Crippen molar-refractivity contribution in [2.24, 2.45) is 5.92 Å². The lowest BCUT2D eigenvalue weighted by atomic mass is 9.95. The molecule has 2 aliphatic rings. The highest BCUT2D eigenvalue weighted by molar-refractivity contribution is 5.95. The second-order valence-corrected chi connectivity index (χ2v) is 9.72. The first-order chi connectivity index (χ1) is 16.8. The topological polar surface area (TPSA) is 97.3 Å². The maximum Gasteiger partial charge on any atom is 0.409 e. The molecule has 2 aromatic rings. The van der Waals surface area contributed by atoms with E-state index in [9.17, 15) is 14.7 Å². The summed E-state index contributed by atoms with van der Waals surface area (Å²) < 4.78 is 17.3. The monoisotopic (exact) mass is 482 g/mol. The Morgan fingerprint density at radius 1 is 1.11 bits per heavy atom. The molecule has 1 atom stereocenters. The number of carbonyl (C=O) groups is 2. The number of aliphatic hydroxyl groups excluding tert-OH is 1. The Morgan fingerprint density at radius 2 is 1.80 bits per heavy atom. The number of piperidine rings is 1. The fourth-order valence-corrected chi connectivity index (χ4v) is 4.35. The van der Waals surface area contributed by atoms with Gasteiger partial charge in [0.05, 0.1) is 25.4 Å². The second-order valence-electron chi connectivity index (χ2n) is 9.72. The molecule has 2 amide bonds. The number of likely N-dealkylation sites (tertiary alicyclic amines) is 1. The van der Waals surface area contributed by atoms with Crippen LogP contribution in [0.4, 0.5) is 4.79 Å². The van der Waals surface area contributed by atoms with Gasteiger partial charge in [0.2, 0.25) is 6.29 Å². The molecule has 1 saturated heterocycles. The van der Waals surface area contributed by atoms with Gasteiger partial charge in [-0.05, 0) is 69.0 Å². The molecule has 188 valence electrons. The molecule has 2 N–H and O–H groups in total. The van der Waals surface area contributed by atoms with E-state index in [0.717, 1.165) is 35.3 Å². The van der Waals surface area contributed by atoms with Crippen molar-refractivity contribution in [1.29, 1.82) is 0 Å². The van der Waals surface area contributed by atoms with Crippen molar-refractivity contribution >= 4 is 12.0 Å². The molecule has 2 aromatic carbocycles. The van der Waals surface area contributed by atoms with Gasteiger partial charge in [-0.3, -0.25) is 4.79 Å². The van der Waals surface area contributed by atoms with Crippen LogP contribution in [0.25, 0.3) is 11.1 Å². The molecule has 0 spiro atoms. The maximum atomic E-state index is 12.4. The zero-order chi connectivity index (χ0) is 25.0. The Bertz CT molecular complexity index is 1040. The molecular formula is C27H34N2O6. The highest BCUT2D eigenvalue weighted by Gasteiger charge is 2.33. The summed E-state index contributed by atoms with van der Waals surface area (Å²) in [6.07, 6.45) is 1.05. The van der Waals surface area contributed by atoms with E-state index in [1.165, 1.54) is 0 Å². The largest absolute Gasteiger partial charge is 0.464 e. The molecule has 8 nitrogen and oxygen atoms in total. The van der Waals surface area contributed by atoms with Crippen LogP contribution in [0.15, 0.2) is 42.5 Å². The van der Waals surface area contributed by atoms with Crippen LogP contribution >= 0.6 is 0 Å². The highest BCUT2D eigenvalue weighted by atomic mass is 16.7. The predicted octanol–water partition coefficient (Wildman–Crippen LogP) is 3.96. The quantitative estimate of drug-likeness (QED) is 0.647. The number of ether oxygens (including phenoxy) is 3. The molecule has 4 rings (SSSR count). The van der Waals surface area contributed by atoms with Gasteiger partial charge >= 0.3 is 6.09 Å². The molecule has 1 fully saturated rings. The smallest absolute Gasteiger partial charge is 0.409 e. The number of amides is 2. The Morgan fingerprint density at radius 3 is 2.46 bits per heavy atom. The molecule has 0 radical (unpaired) electrons. The van der Waals surface area contributed by atoms with Crippen molar-refractivity contribution in [3.05, 3.63) is 53.6 Å². The molecule has 0 saturated carbocycles. The van der Waals surface area contributed by atoms with Gasteiger partial charge in [-0.15, -0.1) is 0 Å². The third-order valence-electron chi connectivity index (χ3n) is 6.48. The minimum atomic E-state index is -0.677. The molecule has 8 heteroatoms. The van der Waals surface area contributed by atoms with Gasteiger partial charge in [-0.25, -0.2) is 4.79 Å². The first-order valence-corrected chi connectivity index (χ1v) is 12.2. The highest BCUT2D eigenvalue weighted by Crippen LogP contribution is 2.35. The summed E-state index contributed by atoms with van der Waals surface area (Å²) >= 11 is 0. The lowest BCUT2D eigenvalue weighted by Gasteiger charge is -2.37. The van der Waals surface area contributed by atoms with Crippen LogP contribution in [-0.4, -0.2) is 60.1 Å². The zero-order valence-corrected chi connectivity index (χ0v) is 20.6. The van der Waals surface area contributed by atoms with Gasteiger partial charge in [0.1, 0.15) is 5.75 Å². The molecule has 0 aliphatic carbocycles. The van der Waals surface area contributed by atoms with Crippen molar-refractivity contribution < 1.29 is 28.9 Å². The van der Waals surface area contributed by atoms with Gasteiger partial charge in [-0.2, -0.15) is 0 Å². The van der Waals surface area contributed by atoms with Crippen LogP contribution in [0.1, 0.15) is 49.5 Å². The van der Waals surface area contributed by atoms with Crippen LogP contribution in [0, 0.1) is 5.92 Å². The summed E-state index contributed by atoms with van der Waals surface area (Å²) in [5.74, 6) is 0.824. The average molecular weight is 483 g/mol. The normalized spacial score (nSPS) is 18.4. The van der Waals surface area contributed by atoms with Gasteiger partial charge in [0.25, 0.3) is 5.91 Å². The molecule has 2 aliphatic heterocycles. The van der Waals surface area contributed by atoms with Crippen molar-refractivity contribution in [1.82, 2.24) is 10.2 Å². The number of aliphatic hydroxyl groups is 1. The van der Waals surface area contributed by atoms with Gasteiger partial charge in [0, 0.05) is 30.1 Å². The van der Waals surface area contributed by atoms with Crippen molar-refractivity contribution in [2.75, 3.05) is 26.3 Å². The summed E-state index contributed by atoms with van der Waals surface area (Å²) in [6.45, 7) is 7.35. The van der Waals surface area contributed by atoms with Crippen LogP contribution in [0.5, 0.6) is 5.75 Å². The third-order valence-corrected chi connectivity index (χ3v) is 6.48. The summed E-state index contributed by atoms with van der Waals surface area (Å²) in [7, 11) is 0. The molecule has 1 unspecified atom stereocenters. The molecule has 0 aromatic heterocycles. The third kappa shape index (κ3) is 5.94. The zero-order valence-electron chi connectivity index (χ0n) is 20.6. The van der Waals surface area contributed by atoms with Crippen molar-refractivity contribution in [2.45, 2.75) is 52.0 Å². The fourth-order valence-electron chi connectivity index (χ4n) is 4.35. The number of benzene rings is 2. The summed E-state index contributed by atoms with van der Waals surface area (Å²) in [4.78, 5) is 26.1. The number of hydrogen-bond donors (Lipinski definition) is 2. The molecule has 35 heavy (non-hydrogen) atoms. The Hall–Kier alpha value is -3.10. The lowest BCUT2D eigenvalue weighted by Crippen LogP contribution is -2.46. The van der Waals surface area contributed by atoms with Gasteiger partial charge in [0.15, 0.2) is 0 Å². The van der Waals surface area contributed by atoms with Crippen LogP contribution in [0.3, 0.4) is 0 Å². The van der Waals surface area contributed by atoms with E-state index >= 15 is 0 Å². The number of hydrogen-bond acceptors (Lipinski definition) is 6. The van der Waals surface area contributed by atoms with E-state index in [0.29, 0.717) is 31.9 Å². The number of nitrogens with one attached hydrogen (secondary N) is 1. The van der Waals surface area contributed by atoms with Crippen molar-refractivity contribution in [3.8, 4) is 16.9 Å². The lowest BCUT2D eigenvalue weighted by molar-refractivity contribution is -0.148. The number of rotatable bonds is 6.